The molecule has 1 saturated carbocycles. The number of rotatable bonds is 6. The normalized spacial score (nSPS) is 20.0. The molecule has 1 aromatic heterocycles. The molecule has 0 radical (unpaired) electrons. The quantitative estimate of drug-likeness (QED) is 0.855. The number of ether oxygens (including phenoxy) is 1. The Morgan fingerprint density at radius 2 is 2.07 bits per heavy atom. The van der Waals surface area contributed by atoms with Crippen molar-refractivity contribution in [3.63, 3.8) is 0 Å². The molecule has 1 saturated heterocycles. The van der Waals surface area contributed by atoms with Gasteiger partial charge in [-0.15, -0.1) is 0 Å². The second kappa shape index (κ2) is 7.79. The van der Waals surface area contributed by atoms with E-state index in [0.29, 0.717) is 13.2 Å². The van der Waals surface area contributed by atoms with Gasteiger partial charge in [-0.3, -0.25) is 14.7 Å². The highest BCUT2D eigenvalue weighted by atomic mass is 16.5. The molecule has 4 rings (SSSR count). The average molecular weight is 365 g/mol. The molecule has 1 atom stereocenters. The van der Waals surface area contributed by atoms with Crippen molar-refractivity contribution in [2.45, 2.75) is 37.8 Å². The van der Waals surface area contributed by atoms with Crippen molar-refractivity contribution in [2.24, 2.45) is 0 Å². The summed E-state index contributed by atoms with van der Waals surface area (Å²) in [7, 11) is 0. The Balaban J connectivity index is 1.51. The van der Waals surface area contributed by atoms with Crippen molar-refractivity contribution in [1.82, 2.24) is 15.2 Å². The second-order valence-electron chi connectivity index (χ2n) is 7.77. The molecule has 1 amide bonds. The molecule has 2 fully saturated rings. The van der Waals surface area contributed by atoms with Gasteiger partial charge in [-0.25, -0.2) is 0 Å². The number of aryl methyl sites for hydroxylation is 1. The first kappa shape index (κ1) is 18.1. The Morgan fingerprint density at radius 1 is 1.26 bits per heavy atom. The molecule has 5 heteroatoms. The van der Waals surface area contributed by atoms with Gasteiger partial charge in [0, 0.05) is 31.0 Å². The minimum atomic E-state index is -0.308. The van der Waals surface area contributed by atoms with Crippen LogP contribution in [0.25, 0.3) is 0 Å². The molecule has 5 nitrogen and oxygen atoms in total. The molecule has 2 aliphatic rings. The summed E-state index contributed by atoms with van der Waals surface area (Å²) in [6, 6.07) is 12.2. The van der Waals surface area contributed by atoms with Crippen LogP contribution in [-0.4, -0.2) is 47.6 Å². The monoisotopic (exact) mass is 365 g/mol. The number of carbonyl (C=O) groups is 1. The van der Waals surface area contributed by atoms with Crippen LogP contribution in [0.5, 0.6) is 0 Å². The van der Waals surface area contributed by atoms with Crippen LogP contribution in [0, 0.1) is 6.92 Å². The number of amides is 1. The largest absolute Gasteiger partial charge is 0.379 e. The molecular formula is C22H27N3O2. The summed E-state index contributed by atoms with van der Waals surface area (Å²) in [5.74, 6) is 0.0788. The molecule has 1 aliphatic carbocycles. The maximum atomic E-state index is 13.3. The molecule has 2 heterocycles. The van der Waals surface area contributed by atoms with Gasteiger partial charge in [0.05, 0.1) is 13.2 Å². The lowest BCUT2D eigenvalue weighted by Gasteiger charge is -2.34. The third-order valence-electron chi connectivity index (χ3n) is 5.53. The Bertz CT molecular complexity index is 783. The number of nitrogens with zero attached hydrogens (tertiary/aromatic N) is 2. The molecule has 2 aromatic rings. The van der Waals surface area contributed by atoms with Gasteiger partial charge in [0.2, 0.25) is 5.91 Å². The average Bonchev–Trinajstić information content (AvgIpc) is 3.42. The minimum absolute atomic E-state index is 0.0788. The molecule has 1 aromatic carbocycles. The predicted molar refractivity (Wildman–Crippen MR) is 104 cm³/mol. The highest BCUT2D eigenvalue weighted by Crippen LogP contribution is 2.39. The van der Waals surface area contributed by atoms with E-state index < -0.39 is 0 Å². The molecule has 1 N–H and O–H groups in total. The van der Waals surface area contributed by atoms with Crippen molar-refractivity contribution < 1.29 is 9.53 Å². The lowest BCUT2D eigenvalue weighted by molar-refractivity contribution is -0.129. The van der Waals surface area contributed by atoms with E-state index in [9.17, 15) is 4.79 Å². The molecule has 0 unspecified atom stereocenters. The van der Waals surface area contributed by atoms with E-state index in [1.807, 2.05) is 12.1 Å². The topological polar surface area (TPSA) is 54.5 Å². The van der Waals surface area contributed by atoms with Gasteiger partial charge in [-0.05, 0) is 43.4 Å². The van der Waals surface area contributed by atoms with E-state index in [1.54, 1.807) is 12.4 Å². The van der Waals surface area contributed by atoms with Crippen molar-refractivity contribution >= 4 is 5.91 Å². The number of benzene rings is 1. The SMILES string of the molecule is Cc1cccc(CC2(NC(=O)[C@@H](c3cccnc3)N3CCOCC3)CC2)c1. The Hall–Kier alpha value is -2.24. The van der Waals surface area contributed by atoms with Crippen LogP contribution in [0.15, 0.2) is 48.8 Å². The maximum absolute atomic E-state index is 13.3. The Kier molecular flexibility index (Phi) is 5.23. The van der Waals surface area contributed by atoms with E-state index in [1.165, 1.54) is 11.1 Å². The number of aromatic nitrogens is 1. The molecule has 0 spiro atoms. The number of hydrogen-bond acceptors (Lipinski definition) is 4. The summed E-state index contributed by atoms with van der Waals surface area (Å²) >= 11 is 0. The zero-order valence-corrected chi connectivity index (χ0v) is 15.9. The van der Waals surface area contributed by atoms with E-state index in [4.69, 9.17) is 4.74 Å². The standard InChI is InChI=1S/C22H27N3O2/c1-17-4-2-5-18(14-17)15-22(7-8-22)24-21(26)20(19-6-3-9-23-16-19)25-10-12-27-13-11-25/h2-6,9,14,16,20H,7-8,10-13,15H2,1H3,(H,24,26)/t20-/m1/s1. The van der Waals surface area contributed by atoms with Gasteiger partial charge in [0.1, 0.15) is 6.04 Å². The second-order valence-corrected chi connectivity index (χ2v) is 7.77. The summed E-state index contributed by atoms with van der Waals surface area (Å²) in [6.45, 7) is 4.96. The lowest BCUT2D eigenvalue weighted by atomic mass is 10.0. The smallest absolute Gasteiger partial charge is 0.242 e. The summed E-state index contributed by atoms with van der Waals surface area (Å²) in [5, 5.41) is 3.38. The highest BCUT2D eigenvalue weighted by Gasteiger charge is 2.45. The molecule has 142 valence electrons. The van der Waals surface area contributed by atoms with Gasteiger partial charge >= 0.3 is 0 Å². The molecular weight excluding hydrogens is 338 g/mol. The van der Waals surface area contributed by atoms with E-state index in [2.05, 4.69) is 46.4 Å². The first-order valence-corrected chi connectivity index (χ1v) is 9.75. The summed E-state index contributed by atoms with van der Waals surface area (Å²) in [6.07, 6.45) is 6.52. The zero-order chi connectivity index (χ0) is 18.7. The fourth-order valence-corrected chi connectivity index (χ4v) is 3.94. The van der Waals surface area contributed by atoms with Crippen LogP contribution in [0.3, 0.4) is 0 Å². The number of hydrogen-bond donors (Lipinski definition) is 1. The van der Waals surface area contributed by atoms with E-state index in [-0.39, 0.29) is 17.5 Å². The first-order chi connectivity index (χ1) is 13.2. The van der Waals surface area contributed by atoms with E-state index >= 15 is 0 Å². The molecule has 1 aliphatic heterocycles. The summed E-state index contributed by atoms with van der Waals surface area (Å²) < 4.78 is 5.48. The van der Waals surface area contributed by atoms with Crippen molar-refractivity contribution in [3.8, 4) is 0 Å². The van der Waals surface area contributed by atoms with Gasteiger partial charge in [-0.2, -0.15) is 0 Å². The zero-order valence-electron chi connectivity index (χ0n) is 15.9. The number of carbonyl (C=O) groups excluding carboxylic acids is 1. The van der Waals surface area contributed by atoms with Crippen molar-refractivity contribution in [1.29, 1.82) is 0 Å². The highest BCUT2D eigenvalue weighted by molar-refractivity contribution is 5.84. The van der Waals surface area contributed by atoms with Gasteiger partial charge in [-0.1, -0.05) is 35.9 Å². The number of morpholine rings is 1. The fourth-order valence-electron chi connectivity index (χ4n) is 3.94. The Morgan fingerprint density at radius 3 is 2.74 bits per heavy atom. The van der Waals surface area contributed by atoms with Crippen LogP contribution in [0.4, 0.5) is 0 Å². The fraction of sp³-hybridized carbons (Fsp3) is 0.455. The van der Waals surface area contributed by atoms with Gasteiger partial charge in [0.15, 0.2) is 0 Å². The number of pyridine rings is 1. The lowest BCUT2D eigenvalue weighted by Crippen LogP contribution is -2.49. The third kappa shape index (κ3) is 4.37. The van der Waals surface area contributed by atoms with Crippen LogP contribution in [-0.2, 0) is 16.0 Å². The van der Waals surface area contributed by atoms with Crippen LogP contribution >= 0.6 is 0 Å². The molecule has 0 bridgehead atoms. The number of nitrogens with one attached hydrogen (secondary N) is 1. The molecule has 27 heavy (non-hydrogen) atoms. The van der Waals surface area contributed by atoms with Crippen LogP contribution in [0.2, 0.25) is 0 Å². The predicted octanol–water partition coefficient (Wildman–Crippen LogP) is 2.65. The van der Waals surface area contributed by atoms with Crippen molar-refractivity contribution in [3.05, 3.63) is 65.5 Å². The van der Waals surface area contributed by atoms with Gasteiger partial charge < -0.3 is 10.1 Å². The summed E-state index contributed by atoms with van der Waals surface area (Å²) in [4.78, 5) is 19.8. The Labute approximate surface area is 160 Å². The maximum Gasteiger partial charge on any atom is 0.242 e. The van der Waals surface area contributed by atoms with Crippen LogP contribution in [0.1, 0.15) is 35.6 Å². The minimum Gasteiger partial charge on any atom is -0.379 e. The summed E-state index contributed by atoms with van der Waals surface area (Å²) in [5.41, 5.74) is 3.40. The van der Waals surface area contributed by atoms with Crippen LogP contribution < -0.4 is 5.32 Å². The van der Waals surface area contributed by atoms with Gasteiger partial charge in [0.25, 0.3) is 0 Å². The third-order valence-corrected chi connectivity index (χ3v) is 5.53. The van der Waals surface area contributed by atoms with Crippen molar-refractivity contribution in [2.75, 3.05) is 26.3 Å². The first-order valence-electron chi connectivity index (χ1n) is 9.75. The van der Waals surface area contributed by atoms with E-state index in [0.717, 1.165) is 37.9 Å².